The van der Waals surface area contributed by atoms with Gasteiger partial charge in [-0.3, -0.25) is 4.55 Å². The molecule has 7 heteroatoms. The van der Waals surface area contributed by atoms with Crippen molar-refractivity contribution in [2.45, 2.75) is 16.2 Å². The molecule has 0 fully saturated rings. The van der Waals surface area contributed by atoms with Crippen LogP contribution in [-0.4, -0.2) is 25.3 Å². The predicted octanol–water partition coefficient (Wildman–Crippen LogP) is 4.22. The molecule has 0 spiro atoms. The molecule has 0 radical (unpaired) electrons. The molecule has 1 N–H and O–H groups in total. The second-order valence-corrected chi connectivity index (χ2v) is 8.07. The maximum absolute atomic E-state index is 10.9. The molecule has 3 rings (SSSR count). The van der Waals surface area contributed by atoms with Gasteiger partial charge in [0.25, 0.3) is 10.1 Å². The molecule has 0 aliphatic carbocycles. The van der Waals surface area contributed by atoms with Gasteiger partial charge >= 0.3 is 0 Å². The van der Waals surface area contributed by atoms with Crippen LogP contribution in [0.2, 0.25) is 5.02 Å². The van der Waals surface area contributed by atoms with Gasteiger partial charge in [-0.05, 0) is 36.8 Å². The van der Waals surface area contributed by atoms with Crippen molar-refractivity contribution in [3.63, 3.8) is 0 Å². The summed E-state index contributed by atoms with van der Waals surface area (Å²) in [6.45, 7) is 0.506. The largest absolute Gasteiger partial charge is 0.340 e. The maximum Gasteiger partial charge on any atom is 0.264 e. The molecule has 2 aromatic rings. The summed E-state index contributed by atoms with van der Waals surface area (Å²) >= 11 is 7.72. The van der Waals surface area contributed by atoms with Gasteiger partial charge in [0, 0.05) is 21.4 Å². The number of nitrogens with zero attached hydrogens (tertiary/aromatic N) is 1. The number of hydrogen-bond acceptors (Lipinski definition) is 4. The van der Waals surface area contributed by atoms with E-state index >= 15 is 0 Å². The predicted molar refractivity (Wildman–Crippen MR) is 90.1 cm³/mol. The summed E-state index contributed by atoms with van der Waals surface area (Å²) in [5.41, 5.74) is 2.04. The first-order valence-electron chi connectivity index (χ1n) is 6.73. The van der Waals surface area contributed by atoms with Crippen LogP contribution in [0.25, 0.3) is 0 Å². The lowest BCUT2D eigenvalue weighted by atomic mass is 10.2. The third-order valence-electron chi connectivity index (χ3n) is 3.37. The van der Waals surface area contributed by atoms with E-state index in [1.807, 2.05) is 42.5 Å². The Hall–Kier alpha value is -1.21. The maximum atomic E-state index is 10.9. The van der Waals surface area contributed by atoms with Gasteiger partial charge in [0.15, 0.2) is 0 Å². The van der Waals surface area contributed by atoms with Gasteiger partial charge in [0.2, 0.25) is 0 Å². The molecule has 1 aliphatic rings. The summed E-state index contributed by atoms with van der Waals surface area (Å²) in [6.07, 6.45) is 0.347. The summed E-state index contributed by atoms with van der Waals surface area (Å²) in [6, 6.07) is 13.6. The Morgan fingerprint density at radius 3 is 2.59 bits per heavy atom. The highest BCUT2D eigenvalue weighted by molar-refractivity contribution is 7.99. The standard InChI is InChI=1S/C15H14ClNO3S2/c16-11-6-7-13-15(10-11)21-14-5-2-1-4-12(14)17(13)8-3-9-22(18,19)20/h1-2,4-7,10H,3,8-9H2,(H,18,19,20). The van der Waals surface area contributed by atoms with E-state index in [9.17, 15) is 8.42 Å². The van der Waals surface area contributed by atoms with E-state index in [-0.39, 0.29) is 5.75 Å². The first-order valence-corrected chi connectivity index (χ1v) is 9.53. The minimum atomic E-state index is -3.94. The first-order chi connectivity index (χ1) is 10.4. The number of para-hydroxylation sites is 1. The van der Waals surface area contributed by atoms with Crippen molar-refractivity contribution < 1.29 is 13.0 Å². The molecule has 116 valence electrons. The van der Waals surface area contributed by atoms with Crippen LogP contribution in [0.15, 0.2) is 52.3 Å². The topological polar surface area (TPSA) is 57.6 Å². The highest BCUT2D eigenvalue weighted by atomic mass is 35.5. The van der Waals surface area contributed by atoms with Crippen molar-refractivity contribution in [1.29, 1.82) is 0 Å². The average molecular weight is 356 g/mol. The van der Waals surface area contributed by atoms with Gasteiger partial charge < -0.3 is 4.90 Å². The van der Waals surface area contributed by atoms with E-state index in [0.29, 0.717) is 18.0 Å². The molecule has 0 unspecified atom stereocenters. The summed E-state index contributed by atoms with van der Waals surface area (Å²) in [5, 5.41) is 0.670. The van der Waals surface area contributed by atoms with Crippen molar-refractivity contribution in [1.82, 2.24) is 0 Å². The summed E-state index contributed by atoms with van der Waals surface area (Å²) in [7, 11) is -3.94. The third kappa shape index (κ3) is 3.41. The van der Waals surface area contributed by atoms with Crippen LogP contribution < -0.4 is 4.90 Å². The van der Waals surface area contributed by atoms with Crippen molar-refractivity contribution in [2.24, 2.45) is 0 Å². The zero-order valence-corrected chi connectivity index (χ0v) is 14.0. The highest BCUT2D eigenvalue weighted by Gasteiger charge is 2.23. The fourth-order valence-electron chi connectivity index (χ4n) is 2.45. The number of hydrogen-bond donors (Lipinski definition) is 1. The highest BCUT2D eigenvalue weighted by Crippen LogP contribution is 2.48. The normalized spacial score (nSPS) is 13.6. The number of anilines is 2. The number of halogens is 1. The second kappa shape index (κ2) is 6.12. The minimum Gasteiger partial charge on any atom is -0.340 e. The van der Waals surface area contributed by atoms with E-state index in [1.54, 1.807) is 11.8 Å². The Balaban J connectivity index is 1.94. The SMILES string of the molecule is O=S(=O)(O)CCCN1c2ccccc2Sc2cc(Cl)ccc21. The molecule has 1 aliphatic heterocycles. The number of fused-ring (bicyclic) bond motifs is 2. The van der Waals surface area contributed by atoms with Crippen LogP contribution in [0.5, 0.6) is 0 Å². The summed E-state index contributed by atoms with van der Waals surface area (Å²) in [5.74, 6) is -0.248. The fourth-order valence-corrected chi connectivity index (χ4v) is 4.32. The molecule has 0 atom stereocenters. The van der Waals surface area contributed by atoms with Crippen molar-refractivity contribution in [3.05, 3.63) is 47.5 Å². The Labute approximate surface area is 138 Å². The molecule has 4 nitrogen and oxygen atoms in total. The minimum absolute atomic E-state index is 0.248. The van der Waals surface area contributed by atoms with Gasteiger partial charge in [0.1, 0.15) is 0 Å². The lowest BCUT2D eigenvalue weighted by molar-refractivity contribution is 0.481. The Bertz CT molecular complexity index is 808. The van der Waals surface area contributed by atoms with E-state index < -0.39 is 10.1 Å². The zero-order valence-electron chi connectivity index (χ0n) is 11.6. The molecule has 22 heavy (non-hydrogen) atoms. The summed E-state index contributed by atoms with van der Waals surface area (Å²) in [4.78, 5) is 4.21. The molecule has 0 amide bonds. The van der Waals surface area contributed by atoms with Gasteiger partial charge in [0.05, 0.1) is 17.1 Å². The van der Waals surface area contributed by atoms with Crippen LogP contribution in [0.4, 0.5) is 11.4 Å². The van der Waals surface area contributed by atoms with Gasteiger partial charge in [-0.2, -0.15) is 8.42 Å². The van der Waals surface area contributed by atoms with Gasteiger partial charge in [-0.15, -0.1) is 0 Å². The molecular formula is C15H14ClNO3S2. The zero-order chi connectivity index (χ0) is 15.7. The van der Waals surface area contributed by atoms with E-state index in [4.69, 9.17) is 16.2 Å². The number of benzene rings is 2. The smallest absolute Gasteiger partial charge is 0.264 e. The van der Waals surface area contributed by atoms with Crippen molar-refractivity contribution >= 4 is 44.9 Å². The Morgan fingerprint density at radius 2 is 1.82 bits per heavy atom. The fraction of sp³-hybridized carbons (Fsp3) is 0.200. The Morgan fingerprint density at radius 1 is 1.09 bits per heavy atom. The van der Waals surface area contributed by atoms with Crippen LogP contribution in [-0.2, 0) is 10.1 Å². The van der Waals surface area contributed by atoms with Crippen LogP contribution in [0, 0.1) is 0 Å². The van der Waals surface area contributed by atoms with E-state index in [0.717, 1.165) is 21.2 Å². The van der Waals surface area contributed by atoms with Gasteiger partial charge in [-0.25, -0.2) is 0 Å². The molecule has 0 bridgehead atoms. The molecule has 1 heterocycles. The molecule has 2 aromatic carbocycles. The van der Waals surface area contributed by atoms with E-state index in [1.165, 1.54) is 0 Å². The lowest BCUT2D eigenvalue weighted by Gasteiger charge is -2.32. The summed E-state index contributed by atoms with van der Waals surface area (Å²) < 4.78 is 30.8. The quantitative estimate of drug-likeness (QED) is 0.832. The molecule has 0 saturated heterocycles. The van der Waals surface area contributed by atoms with Crippen LogP contribution in [0.1, 0.15) is 6.42 Å². The second-order valence-electron chi connectivity index (χ2n) is 4.97. The molecule has 0 aromatic heterocycles. The average Bonchev–Trinajstić information content (AvgIpc) is 2.45. The Kier molecular flexibility index (Phi) is 4.36. The van der Waals surface area contributed by atoms with Crippen LogP contribution in [0.3, 0.4) is 0 Å². The number of rotatable bonds is 4. The van der Waals surface area contributed by atoms with Gasteiger partial charge in [-0.1, -0.05) is 35.5 Å². The monoisotopic (exact) mass is 355 g/mol. The molecule has 0 saturated carbocycles. The van der Waals surface area contributed by atoms with E-state index in [2.05, 4.69) is 4.90 Å². The lowest BCUT2D eigenvalue weighted by Crippen LogP contribution is -2.23. The molecular weight excluding hydrogens is 342 g/mol. The van der Waals surface area contributed by atoms with Crippen molar-refractivity contribution in [3.8, 4) is 0 Å². The first kappa shape index (κ1) is 15.7. The van der Waals surface area contributed by atoms with Crippen LogP contribution >= 0.6 is 23.4 Å². The van der Waals surface area contributed by atoms with Crippen molar-refractivity contribution in [2.75, 3.05) is 17.2 Å². The third-order valence-corrected chi connectivity index (χ3v) is 5.52.